The molecule has 1 aliphatic carbocycles. The highest BCUT2D eigenvalue weighted by Crippen LogP contribution is 2.42. The van der Waals surface area contributed by atoms with Crippen molar-refractivity contribution < 1.29 is 9.21 Å². The lowest BCUT2D eigenvalue weighted by atomic mass is 9.98. The average Bonchev–Trinajstić information content (AvgIpc) is 3.41. The Morgan fingerprint density at radius 2 is 1.81 bits per heavy atom. The van der Waals surface area contributed by atoms with Crippen LogP contribution < -0.4 is 5.32 Å². The van der Waals surface area contributed by atoms with Gasteiger partial charge in [0.25, 0.3) is 11.9 Å². The Labute approximate surface area is 208 Å². The second-order valence-electron chi connectivity index (χ2n) is 8.95. The van der Waals surface area contributed by atoms with Gasteiger partial charge in [-0.3, -0.25) is 9.78 Å². The minimum absolute atomic E-state index is 0.187. The van der Waals surface area contributed by atoms with Crippen LogP contribution in [-0.2, 0) is 0 Å². The van der Waals surface area contributed by atoms with E-state index < -0.39 is 0 Å². The van der Waals surface area contributed by atoms with Crippen molar-refractivity contribution in [1.29, 1.82) is 0 Å². The predicted molar refractivity (Wildman–Crippen MR) is 134 cm³/mol. The van der Waals surface area contributed by atoms with Crippen LogP contribution in [-0.4, -0.2) is 30.6 Å². The molecule has 0 spiro atoms. The molecule has 1 aromatic carbocycles. The Hall–Kier alpha value is -4.59. The number of benzene rings is 1. The van der Waals surface area contributed by atoms with Crippen molar-refractivity contribution in [3.05, 3.63) is 114 Å². The van der Waals surface area contributed by atoms with E-state index in [0.29, 0.717) is 23.0 Å². The van der Waals surface area contributed by atoms with Gasteiger partial charge in [-0.15, -0.1) is 0 Å². The summed E-state index contributed by atoms with van der Waals surface area (Å²) < 4.78 is 7.18. The van der Waals surface area contributed by atoms with E-state index in [1.54, 1.807) is 41.8 Å². The number of rotatable bonds is 7. The van der Waals surface area contributed by atoms with Gasteiger partial charge < -0.3 is 9.73 Å². The first-order valence-electron chi connectivity index (χ1n) is 11.9. The summed E-state index contributed by atoms with van der Waals surface area (Å²) >= 11 is 0. The molecule has 0 aliphatic heterocycles. The van der Waals surface area contributed by atoms with E-state index in [0.717, 1.165) is 35.2 Å². The van der Waals surface area contributed by atoms with Gasteiger partial charge in [0.05, 0.1) is 29.8 Å². The minimum atomic E-state index is -0.324. The molecule has 36 heavy (non-hydrogen) atoms. The summed E-state index contributed by atoms with van der Waals surface area (Å²) in [5, 5.41) is 7.78. The Morgan fingerprint density at radius 3 is 2.53 bits per heavy atom. The SMILES string of the molecule is Cc1ccc([C@@H](NC(=O)c2cnn(-c3nccc(-c4ccco4)n3)c2C2CC2)c2ccncc2)cc1. The number of hydrogen-bond donors (Lipinski definition) is 1. The summed E-state index contributed by atoms with van der Waals surface area (Å²) in [6, 6.07) is 17.1. The lowest BCUT2D eigenvalue weighted by molar-refractivity contribution is 0.0942. The van der Waals surface area contributed by atoms with Crippen LogP contribution in [0.2, 0.25) is 0 Å². The van der Waals surface area contributed by atoms with E-state index >= 15 is 0 Å². The van der Waals surface area contributed by atoms with Crippen molar-refractivity contribution in [3.63, 3.8) is 0 Å². The maximum Gasteiger partial charge on any atom is 0.255 e. The fraction of sp³-hybridized carbons (Fsp3) is 0.179. The summed E-state index contributed by atoms with van der Waals surface area (Å²) in [6.45, 7) is 2.04. The topological polar surface area (TPSA) is 98.7 Å². The fourth-order valence-corrected chi connectivity index (χ4v) is 4.34. The first-order chi connectivity index (χ1) is 17.7. The van der Waals surface area contributed by atoms with Crippen LogP contribution in [0.3, 0.4) is 0 Å². The number of furan rings is 1. The van der Waals surface area contributed by atoms with Gasteiger partial charge in [0, 0.05) is 24.5 Å². The van der Waals surface area contributed by atoms with Gasteiger partial charge in [0.15, 0.2) is 5.76 Å². The first-order valence-corrected chi connectivity index (χ1v) is 11.9. The van der Waals surface area contributed by atoms with Crippen molar-refractivity contribution >= 4 is 5.91 Å². The summed E-state index contributed by atoms with van der Waals surface area (Å²) in [6.07, 6.45) is 10.4. The van der Waals surface area contributed by atoms with Gasteiger partial charge >= 0.3 is 0 Å². The van der Waals surface area contributed by atoms with E-state index in [4.69, 9.17) is 4.42 Å². The third-order valence-corrected chi connectivity index (χ3v) is 6.35. The average molecular weight is 477 g/mol. The van der Waals surface area contributed by atoms with Gasteiger partial charge in [-0.05, 0) is 61.2 Å². The molecule has 0 saturated heterocycles. The Kier molecular flexibility index (Phi) is 5.61. The van der Waals surface area contributed by atoms with Crippen molar-refractivity contribution in [2.75, 3.05) is 0 Å². The lowest BCUT2D eigenvalue weighted by Gasteiger charge is -2.20. The normalized spacial score (nSPS) is 13.9. The fourth-order valence-electron chi connectivity index (χ4n) is 4.34. The van der Waals surface area contributed by atoms with E-state index in [-0.39, 0.29) is 17.9 Å². The van der Waals surface area contributed by atoms with Gasteiger partial charge in [0.2, 0.25) is 0 Å². The second kappa shape index (κ2) is 9.22. The molecule has 8 nitrogen and oxygen atoms in total. The quantitative estimate of drug-likeness (QED) is 0.354. The number of nitrogens with zero attached hydrogens (tertiary/aromatic N) is 5. The number of carbonyl (C=O) groups is 1. The van der Waals surface area contributed by atoms with Crippen LogP contribution in [0, 0.1) is 6.92 Å². The molecule has 1 atom stereocenters. The Morgan fingerprint density at radius 1 is 1.03 bits per heavy atom. The van der Waals surface area contributed by atoms with Crippen molar-refractivity contribution in [1.82, 2.24) is 30.0 Å². The van der Waals surface area contributed by atoms with Crippen LogP contribution in [0.25, 0.3) is 17.4 Å². The van der Waals surface area contributed by atoms with Crippen LogP contribution in [0.15, 0.2) is 90.1 Å². The molecule has 6 rings (SSSR count). The zero-order valence-electron chi connectivity index (χ0n) is 19.7. The van der Waals surface area contributed by atoms with Gasteiger partial charge in [-0.1, -0.05) is 29.8 Å². The minimum Gasteiger partial charge on any atom is -0.463 e. The molecule has 0 radical (unpaired) electrons. The Balaban J connectivity index is 1.35. The monoisotopic (exact) mass is 476 g/mol. The standard InChI is InChI=1S/C28H24N6O2/c1-18-4-6-19(7-5-18)25(20-10-13-29-14-11-20)33-27(35)22-17-31-34(26(22)21-8-9-21)28-30-15-12-23(32-28)24-3-2-16-36-24/h2-7,10-17,21,25H,8-9H2,1H3,(H,33,35)/t25-/m1/s1. The Bertz CT molecular complexity index is 1490. The van der Waals surface area contributed by atoms with Crippen LogP contribution >= 0.6 is 0 Å². The molecule has 5 aromatic rings. The maximum absolute atomic E-state index is 13.7. The van der Waals surface area contributed by atoms with E-state index in [2.05, 4.69) is 25.4 Å². The molecule has 1 amide bonds. The lowest BCUT2D eigenvalue weighted by Crippen LogP contribution is -2.30. The van der Waals surface area contributed by atoms with Gasteiger partial charge in [-0.2, -0.15) is 5.10 Å². The number of nitrogens with one attached hydrogen (secondary N) is 1. The summed E-state index contributed by atoms with van der Waals surface area (Å²) in [7, 11) is 0. The smallest absolute Gasteiger partial charge is 0.255 e. The molecular formula is C28H24N6O2. The second-order valence-corrected chi connectivity index (χ2v) is 8.95. The highest BCUT2D eigenvalue weighted by Gasteiger charge is 2.34. The number of hydrogen-bond acceptors (Lipinski definition) is 6. The zero-order valence-corrected chi connectivity index (χ0v) is 19.7. The summed E-state index contributed by atoms with van der Waals surface area (Å²) in [5.74, 6) is 1.11. The third-order valence-electron chi connectivity index (χ3n) is 6.35. The zero-order chi connectivity index (χ0) is 24.5. The molecule has 0 bridgehead atoms. The maximum atomic E-state index is 13.7. The predicted octanol–water partition coefficient (Wildman–Crippen LogP) is 5.02. The van der Waals surface area contributed by atoms with Crippen LogP contribution in [0.5, 0.6) is 0 Å². The number of aromatic nitrogens is 5. The van der Waals surface area contributed by atoms with E-state index in [1.807, 2.05) is 55.5 Å². The molecule has 1 fully saturated rings. The van der Waals surface area contributed by atoms with Crippen molar-refractivity contribution in [2.24, 2.45) is 0 Å². The number of carbonyl (C=O) groups excluding carboxylic acids is 1. The highest BCUT2D eigenvalue weighted by molar-refractivity contribution is 5.96. The molecule has 4 aromatic heterocycles. The molecular weight excluding hydrogens is 452 g/mol. The molecule has 8 heteroatoms. The van der Waals surface area contributed by atoms with Gasteiger partial charge in [-0.25, -0.2) is 14.6 Å². The number of pyridine rings is 1. The molecule has 1 N–H and O–H groups in total. The molecule has 4 heterocycles. The van der Waals surface area contributed by atoms with Crippen molar-refractivity contribution in [2.45, 2.75) is 31.7 Å². The van der Waals surface area contributed by atoms with Crippen LogP contribution in [0.4, 0.5) is 0 Å². The van der Waals surface area contributed by atoms with Gasteiger partial charge in [0.1, 0.15) is 5.69 Å². The van der Waals surface area contributed by atoms with Crippen molar-refractivity contribution in [3.8, 4) is 17.4 Å². The third kappa shape index (κ3) is 4.29. The summed E-state index contributed by atoms with van der Waals surface area (Å²) in [4.78, 5) is 26.9. The highest BCUT2D eigenvalue weighted by atomic mass is 16.3. The van der Waals surface area contributed by atoms with E-state index in [1.165, 1.54) is 0 Å². The van der Waals surface area contributed by atoms with E-state index in [9.17, 15) is 4.79 Å². The number of amides is 1. The van der Waals surface area contributed by atoms with Crippen LogP contribution in [0.1, 0.15) is 57.5 Å². The molecule has 0 unspecified atom stereocenters. The molecule has 178 valence electrons. The summed E-state index contributed by atoms with van der Waals surface area (Å²) in [5.41, 5.74) is 5.14. The number of aryl methyl sites for hydroxylation is 1. The molecule has 1 aliphatic rings. The largest absolute Gasteiger partial charge is 0.463 e. The molecule has 1 saturated carbocycles. The first kappa shape index (κ1) is 21.9.